The van der Waals surface area contributed by atoms with Gasteiger partial charge in [0.15, 0.2) is 0 Å². The van der Waals surface area contributed by atoms with E-state index in [0.717, 1.165) is 44.0 Å². The lowest BCUT2D eigenvalue weighted by Crippen LogP contribution is -1.97. The maximum atomic E-state index is 5.73. The summed E-state index contributed by atoms with van der Waals surface area (Å²) in [5, 5.41) is 0. The number of fused-ring (bicyclic) bond motifs is 1. The van der Waals surface area contributed by atoms with E-state index < -0.39 is 0 Å². The Morgan fingerprint density at radius 1 is 1.25 bits per heavy atom. The number of allylic oxidation sites excluding steroid dienone is 1. The fraction of sp³-hybridized carbons (Fsp3) is 0.429. The summed E-state index contributed by atoms with van der Waals surface area (Å²) in [6.07, 6.45) is 5.02. The van der Waals surface area contributed by atoms with Crippen LogP contribution in [0.4, 0.5) is 0 Å². The van der Waals surface area contributed by atoms with Gasteiger partial charge in [0.05, 0.1) is 19.0 Å². The predicted octanol–water partition coefficient (Wildman–Crippen LogP) is 3.32. The molecule has 1 aliphatic heterocycles. The number of hydrogen-bond acceptors (Lipinski definition) is 2. The van der Waals surface area contributed by atoms with Crippen LogP contribution in [0.3, 0.4) is 0 Å². The first kappa shape index (κ1) is 11.1. The Balaban J connectivity index is 2.12. The third-order valence-corrected chi connectivity index (χ3v) is 2.69. The van der Waals surface area contributed by atoms with Crippen molar-refractivity contribution >= 4 is 0 Å². The van der Waals surface area contributed by atoms with Gasteiger partial charge in [0, 0.05) is 12.8 Å². The first-order valence-electron chi connectivity index (χ1n) is 5.92. The standard InChI is InChI=1S/C14H18O2/c1-2-15-13-7-5-11-16-14-8-4-3-6-12(14)9-10-13/h3-4,6-8H,2,5,9-11H2,1H3/b13-7+. The Labute approximate surface area is 96.9 Å². The van der Waals surface area contributed by atoms with Gasteiger partial charge >= 0.3 is 0 Å². The zero-order valence-corrected chi connectivity index (χ0v) is 9.74. The molecule has 0 aliphatic carbocycles. The van der Waals surface area contributed by atoms with Gasteiger partial charge in [-0.1, -0.05) is 18.2 Å². The second kappa shape index (κ2) is 5.59. The zero-order valence-electron chi connectivity index (χ0n) is 9.74. The predicted molar refractivity (Wildman–Crippen MR) is 64.6 cm³/mol. The van der Waals surface area contributed by atoms with Gasteiger partial charge in [-0.2, -0.15) is 0 Å². The summed E-state index contributed by atoms with van der Waals surface area (Å²) in [7, 11) is 0. The van der Waals surface area contributed by atoms with Crippen molar-refractivity contribution in [2.75, 3.05) is 13.2 Å². The van der Waals surface area contributed by atoms with Crippen LogP contribution >= 0.6 is 0 Å². The fourth-order valence-corrected chi connectivity index (χ4v) is 1.92. The molecule has 0 fully saturated rings. The van der Waals surface area contributed by atoms with Gasteiger partial charge in [-0.05, 0) is 31.1 Å². The van der Waals surface area contributed by atoms with Gasteiger partial charge in [0.1, 0.15) is 5.75 Å². The van der Waals surface area contributed by atoms with Crippen LogP contribution in [0.2, 0.25) is 0 Å². The highest BCUT2D eigenvalue weighted by molar-refractivity contribution is 5.34. The minimum atomic E-state index is 0.730. The van der Waals surface area contributed by atoms with E-state index in [2.05, 4.69) is 18.2 Å². The number of rotatable bonds is 2. The molecule has 0 aromatic heterocycles. The lowest BCUT2D eigenvalue weighted by atomic mass is 10.1. The van der Waals surface area contributed by atoms with Gasteiger partial charge in [0.25, 0.3) is 0 Å². The number of aryl methyl sites for hydroxylation is 1. The normalized spacial score (nSPS) is 19.2. The quantitative estimate of drug-likeness (QED) is 0.758. The van der Waals surface area contributed by atoms with E-state index >= 15 is 0 Å². The second-order valence-corrected chi connectivity index (χ2v) is 3.85. The Morgan fingerprint density at radius 3 is 3.00 bits per heavy atom. The van der Waals surface area contributed by atoms with Crippen molar-refractivity contribution < 1.29 is 9.47 Å². The molecule has 2 rings (SSSR count). The van der Waals surface area contributed by atoms with Crippen LogP contribution in [-0.2, 0) is 11.2 Å². The lowest BCUT2D eigenvalue weighted by Gasteiger charge is -2.09. The Morgan fingerprint density at radius 2 is 2.12 bits per heavy atom. The Bertz CT molecular complexity index is 369. The molecule has 0 bridgehead atoms. The topological polar surface area (TPSA) is 18.5 Å². The Hall–Kier alpha value is -1.44. The monoisotopic (exact) mass is 218 g/mol. The highest BCUT2D eigenvalue weighted by Gasteiger charge is 2.07. The molecule has 1 aromatic carbocycles. The molecule has 1 heterocycles. The van der Waals surface area contributed by atoms with Crippen LogP contribution in [0.5, 0.6) is 5.75 Å². The molecule has 0 amide bonds. The first-order valence-corrected chi connectivity index (χ1v) is 5.92. The van der Waals surface area contributed by atoms with Gasteiger partial charge < -0.3 is 9.47 Å². The van der Waals surface area contributed by atoms with E-state index in [1.165, 1.54) is 5.56 Å². The zero-order chi connectivity index (χ0) is 11.2. The lowest BCUT2D eigenvalue weighted by molar-refractivity contribution is 0.217. The van der Waals surface area contributed by atoms with Gasteiger partial charge in [-0.3, -0.25) is 0 Å². The van der Waals surface area contributed by atoms with Crippen LogP contribution in [-0.4, -0.2) is 13.2 Å². The van der Waals surface area contributed by atoms with Crippen molar-refractivity contribution in [2.24, 2.45) is 0 Å². The summed E-state index contributed by atoms with van der Waals surface area (Å²) in [6, 6.07) is 8.25. The highest BCUT2D eigenvalue weighted by atomic mass is 16.5. The fourth-order valence-electron chi connectivity index (χ4n) is 1.92. The number of benzene rings is 1. The number of ether oxygens (including phenoxy) is 2. The smallest absolute Gasteiger partial charge is 0.122 e. The van der Waals surface area contributed by atoms with E-state index in [9.17, 15) is 0 Å². The molecule has 86 valence electrons. The number of para-hydroxylation sites is 1. The van der Waals surface area contributed by atoms with Crippen molar-refractivity contribution in [1.29, 1.82) is 0 Å². The SMILES string of the molecule is CCO/C1=C/CCOc2ccccc2CC1. The van der Waals surface area contributed by atoms with E-state index in [4.69, 9.17) is 9.47 Å². The van der Waals surface area contributed by atoms with Crippen molar-refractivity contribution in [3.8, 4) is 5.75 Å². The van der Waals surface area contributed by atoms with E-state index in [1.54, 1.807) is 0 Å². The van der Waals surface area contributed by atoms with Crippen LogP contribution < -0.4 is 4.74 Å². The van der Waals surface area contributed by atoms with Gasteiger partial charge in [-0.25, -0.2) is 0 Å². The molecule has 0 saturated carbocycles. The second-order valence-electron chi connectivity index (χ2n) is 3.85. The Kier molecular flexibility index (Phi) is 3.86. The molecule has 0 saturated heterocycles. The largest absolute Gasteiger partial charge is 0.499 e. The van der Waals surface area contributed by atoms with Crippen molar-refractivity contribution in [2.45, 2.75) is 26.2 Å². The van der Waals surface area contributed by atoms with E-state index in [-0.39, 0.29) is 0 Å². The van der Waals surface area contributed by atoms with Crippen LogP contribution in [0.25, 0.3) is 0 Å². The van der Waals surface area contributed by atoms with Crippen LogP contribution in [0, 0.1) is 0 Å². The summed E-state index contributed by atoms with van der Waals surface area (Å²) in [5.41, 5.74) is 1.27. The van der Waals surface area contributed by atoms with Crippen molar-refractivity contribution in [3.05, 3.63) is 41.7 Å². The summed E-state index contributed by atoms with van der Waals surface area (Å²) in [5.74, 6) is 2.12. The van der Waals surface area contributed by atoms with Crippen molar-refractivity contribution in [1.82, 2.24) is 0 Å². The van der Waals surface area contributed by atoms with Crippen LogP contribution in [0.1, 0.15) is 25.3 Å². The molecular formula is C14H18O2. The first-order chi connectivity index (χ1) is 7.90. The minimum absolute atomic E-state index is 0.730. The third-order valence-electron chi connectivity index (χ3n) is 2.69. The van der Waals surface area contributed by atoms with Crippen molar-refractivity contribution in [3.63, 3.8) is 0 Å². The van der Waals surface area contributed by atoms with E-state index in [0.29, 0.717) is 0 Å². The molecule has 0 unspecified atom stereocenters. The average molecular weight is 218 g/mol. The molecule has 0 spiro atoms. The molecule has 2 heteroatoms. The minimum Gasteiger partial charge on any atom is -0.499 e. The molecule has 0 N–H and O–H groups in total. The van der Waals surface area contributed by atoms with Crippen LogP contribution in [0.15, 0.2) is 36.1 Å². The summed E-state index contributed by atoms with van der Waals surface area (Å²) in [6.45, 7) is 3.50. The maximum Gasteiger partial charge on any atom is 0.122 e. The molecule has 1 aromatic rings. The molecular weight excluding hydrogens is 200 g/mol. The molecule has 16 heavy (non-hydrogen) atoms. The molecule has 2 nitrogen and oxygen atoms in total. The van der Waals surface area contributed by atoms with Gasteiger partial charge in [-0.15, -0.1) is 0 Å². The maximum absolute atomic E-state index is 5.73. The molecule has 1 aliphatic rings. The summed E-state index contributed by atoms with van der Waals surface area (Å²) >= 11 is 0. The summed E-state index contributed by atoms with van der Waals surface area (Å²) in [4.78, 5) is 0. The highest BCUT2D eigenvalue weighted by Crippen LogP contribution is 2.23. The van der Waals surface area contributed by atoms with E-state index in [1.807, 2.05) is 19.1 Å². The molecule has 0 atom stereocenters. The number of hydrogen-bond donors (Lipinski definition) is 0. The van der Waals surface area contributed by atoms with Gasteiger partial charge in [0.2, 0.25) is 0 Å². The average Bonchev–Trinajstić information content (AvgIpc) is 2.41. The third kappa shape index (κ3) is 2.78. The molecule has 0 radical (unpaired) electrons. The summed E-state index contributed by atoms with van der Waals surface area (Å²) < 4.78 is 11.3.